The first kappa shape index (κ1) is 14.7. The van der Waals surface area contributed by atoms with Gasteiger partial charge in [-0.1, -0.05) is 12.1 Å². The second-order valence-electron chi connectivity index (χ2n) is 4.15. The van der Waals surface area contributed by atoms with E-state index >= 15 is 0 Å². The largest absolute Gasteiger partial charge is 0.478 e. The average Bonchev–Trinajstić information content (AvgIpc) is 2.37. The number of anilines is 1. The molecule has 0 aromatic heterocycles. The number of carboxylic acid groups (broad SMARTS) is 1. The summed E-state index contributed by atoms with van der Waals surface area (Å²) in [6.07, 6.45) is 0. The second-order valence-corrected chi connectivity index (χ2v) is 4.15. The second kappa shape index (κ2) is 5.99. The fourth-order valence-corrected chi connectivity index (χ4v) is 1.50. The van der Waals surface area contributed by atoms with Crippen LogP contribution in [0.4, 0.5) is 5.69 Å². The first-order valence-corrected chi connectivity index (χ1v) is 5.65. The maximum absolute atomic E-state index is 12.0. The molecule has 0 aliphatic heterocycles. The highest BCUT2D eigenvalue weighted by Gasteiger charge is 2.19. The van der Waals surface area contributed by atoms with Crippen molar-refractivity contribution in [1.82, 2.24) is 4.90 Å². The van der Waals surface area contributed by atoms with Gasteiger partial charge in [0.15, 0.2) is 0 Å². The van der Waals surface area contributed by atoms with Crippen LogP contribution in [0.1, 0.15) is 17.3 Å². The molecule has 0 aliphatic carbocycles. The summed E-state index contributed by atoms with van der Waals surface area (Å²) in [4.78, 5) is 36.6. The number of carbonyl (C=O) groups excluding carboxylic acids is 2. The first-order valence-electron chi connectivity index (χ1n) is 5.65. The van der Waals surface area contributed by atoms with Crippen molar-refractivity contribution in [2.75, 3.05) is 25.5 Å². The van der Waals surface area contributed by atoms with Crippen LogP contribution in [-0.2, 0) is 9.59 Å². The predicted octanol–water partition coefficient (Wildman–Crippen LogP) is 0.826. The zero-order valence-corrected chi connectivity index (χ0v) is 11.1. The molecule has 0 bridgehead atoms. The van der Waals surface area contributed by atoms with Crippen LogP contribution in [0.15, 0.2) is 24.3 Å². The summed E-state index contributed by atoms with van der Waals surface area (Å²) in [5, 5.41) is 9.06. The topological polar surface area (TPSA) is 77.9 Å². The van der Waals surface area contributed by atoms with Crippen LogP contribution in [0.2, 0.25) is 0 Å². The molecule has 0 heterocycles. The number of carbonyl (C=O) groups is 3. The highest BCUT2D eigenvalue weighted by molar-refractivity contribution is 6.02. The Kier molecular flexibility index (Phi) is 4.63. The summed E-state index contributed by atoms with van der Waals surface area (Å²) < 4.78 is 0. The Morgan fingerprint density at radius 3 is 2.26 bits per heavy atom. The highest BCUT2D eigenvalue weighted by atomic mass is 16.4. The third kappa shape index (κ3) is 3.54. The lowest BCUT2D eigenvalue weighted by Crippen LogP contribution is -2.39. The van der Waals surface area contributed by atoms with Crippen LogP contribution in [0.3, 0.4) is 0 Å². The molecule has 1 aromatic rings. The van der Waals surface area contributed by atoms with E-state index in [0.29, 0.717) is 5.69 Å². The van der Waals surface area contributed by atoms with Gasteiger partial charge in [-0.25, -0.2) is 4.79 Å². The molecule has 0 atom stereocenters. The number of amides is 2. The zero-order valence-electron chi connectivity index (χ0n) is 11.1. The van der Waals surface area contributed by atoms with Gasteiger partial charge in [-0.3, -0.25) is 9.59 Å². The van der Waals surface area contributed by atoms with Crippen molar-refractivity contribution >= 4 is 23.5 Å². The van der Waals surface area contributed by atoms with Gasteiger partial charge in [0, 0.05) is 21.0 Å². The number of carboxylic acids is 1. The Hall–Kier alpha value is -2.37. The van der Waals surface area contributed by atoms with E-state index in [1.165, 1.54) is 36.9 Å². The number of hydrogen-bond donors (Lipinski definition) is 1. The van der Waals surface area contributed by atoms with E-state index in [1.807, 2.05) is 0 Å². The molecule has 0 fully saturated rings. The Morgan fingerprint density at radius 1 is 1.16 bits per heavy atom. The zero-order chi connectivity index (χ0) is 14.6. The average molecular weight is 264 g/mol. The lowest BCUT2D eigenvalue weighted by atomic mass is 10.1. The number of rotatable bonds is 4. The van der Waals surface area contributed by atoms with E-state index < -0.39 is 5.97 Å². The van der Waals surface area contributed by atoms with Gasteiger partial charge in [-0.05, 0) is 12.1 Å². The maximum atomic E-state index is 12.0. The van der Waals surface area contributed by atoms with E-state index in [4.69, 9.17) is 5.11 Å². The van der Waals surface area contributed by atoms with Crippen molar-refractivity contribution in [2.24, 2.45) is 0 Å². The van der Waals surface area contributed by atoms with Gasteiger partial charge in [0.2, 0.25) is 11.8 Å². The monoisotopic (exact) mass is 264 g/mol. The number of likely N-dealkylation sites (N-methyl/N-ethyl adjacent to an activating group) is 2. The molecule has 102 valence electrons. The molecule has 0 radical (unpaired) electrons. The number of para-hydroxylation sites is 1. The number of nitrogens with zero attached hydrogens (tertiary/aromatic N) is 2. The fraction of sp³-hybridized carbons (Fsp3) is 0.308. The van der Waals surface area contributed by atoms with Crippen molar-refractivity contribution in [3.8, 4) is 0 Å². The molecule has 2 amide bonds. The van der Waals surface area contributed by atoms with Crippen molar-refractivity contribution < 1.29 is 19.5 Å². The van der Waals surface area contributed by atoms with Crippen LogP contribution < -0.4 is 4.90 Å². The quantitative estimate of drug-likeness (QED) is 0.873. The summed E-state index contributed by atoms with van der Waals surface area (Å²) in [7, 11) is 3.00. The summed E-state index contributed by atoms with van der Waals surface area (Å²) in [6, 6.07) is 6.22. The summed E-state index contributed by atoms with van der Waals surface area (Å²) in [6.45, 7) is 1.26. The minimum atomic E-state index is -1.10. The molecule has 0 aliphatic rings. The summed E-state index contributed by atoms with van der Waals surface area (Å²) >= 11 is 0. The third-order valence-electron chi connectivity index (χ3n) is 2.78. The van der Waals surface area contributed by atoms with Gasteiger partial charge < -0.3 is 14.9 Å². The van der Waals surface area contributed by atoms with E-state index in [9.17, 15) is 14.4 Å². The molecular weight excluding hydrogens is 248 g/mol. The van der Waals surface area contributed by atoms with Crippen molar-refractivity contribution in [3.05, 3.63) is 29.8 Å². The molecule has 19 heavy (non-hydrogen) atoms. The Morgan fingerprint density at radius 2 is 1.74 bits per heavy atom. The predicted molar refractivity (Wildman–Crippen MR) is 70.1 cm³/mol. The van der Waals surface area contributed by atoms with Crippen LogP contribution in [-0.4, -0.2) is 48.4 Å². The summed E-state index contributed by atoms with van der Waals surface area (Å²) in [5.74, 6) is -1.69. The molecule has 0 unspecified atom stereocenters. The van der Waals surface area contributed by atoms with E-state index in [2.05, 4.69) is 0 Å². The van der Waals surface area contributed by atoms with Crippen molar-refractivity contribution in [3.63, 3.8) is 0 Å². The molecule has 6 nitrogen and oxygen atoms in total. The number of aromatic carboxylic acids is 1. The van der Waals surface area contributed by atoms with Gasteiger partial charge in [0.25, 0.3) is 0 Å². The van der Waals surface area contributed by atoms with Crippen LogP contribution >= 0.6 is 0 Å². The summed E-state index contributed by atoms with van der Waals surface area (Å²) in [5.41, 5.74) is 0.348. The first-order chi connectivity index (χ1) is 8.84. The normalized spacial score (nSPS) is 9.84. The molecule has 0 spiro atoms. The molecular formula is C13H16N2O4. The minimum absolute atomic E-state index is 0.0452. The number of hydrogen-bond acceptors (Lipinski definition) is 3. The number of benzene rings is 1. The lowest BCUT2D eigenvalue weighted by Gasteiger charge is -2.22. The molecule has 1 rings (SSSR count). The maximum Gasteiger partial charge on any atom is 0.337 e. The van der Waals surface area contributed by atoms with E-state index in [-0.39, 0.29) is 23.9 Å². The van der Waals surface area contributed by atoms with Gasteiger partial charge in [0.1, 0.15) is 0 Å². The van der Waals surface area contributed by atoms with Gasteiger partial charge >= 0.3 is 5.97 Å². The Labute approximate surface area is 111 Å². The highest BCUT2D eigenvalue weighted by Crippen LogP contribution is 2.19. The van der Waals surface area contributed by atoms with E-state index in [0.717, 1.165) is 0 Å². The van der Waals surface area contributed by atoms with Crippen molar-refractivity contribution in [2.45, 2.75) is 6.92 Å². The Balaban J connectivity index is 2.94. The molecule has 6 heteroatoms. The van der Waals surface area contributed by atoms with Gasteiger partial charge in [-0.15, -0.1) is 0 Å². The lowest BCUT2D eigenvalue weighted by molar-refractivity contribution is -0.132. The third-order valence-corrected chi connectivity index (χ3v) is 2.78. The van der Waals surface area contributed by atoms with Gasteiger partial charge in [-0.2, -0.15) is 0 Å². The fourth-order valence-electron chi connectivity index (χ4n) is 1.50. The minimum Gasteiger partial charge on any atom is -0.478 e. The van der Waals surface area contributed by atoms with E-state index in [1.54, 1.807) is 18.2 Å². The van der Waals surface area contributed by atoms with Crippen LogP contribution in [0.5, 0.6) is 0 Å². The smallest absolute Gasteiger partial charge is 0.337 e. The molecule has 1 aromatic carbocycles. The van der Waals surface area contributed by atoms with Crippen LogP contribution in [0.25, 0.3) is 0 Å². The van der Waals surface area contributed by atoms with Gasteiger partial charge in [0.05, 0.1) is 17.8 Å². The standard InChI is InChI=1S/C13H16N2O4/c1-9(16)14(2)8-12(17)15(3)11-7-5-4-6-10(11)13(18)19/h4-7H,8H2,1-3H3,(H,18,19). The molecule has 1 N–H and O–H groups in total. The van der Waals surface area contributed by atoms with Crippen molar-refractivity contribution in [1.29, 1.82) is 0 Å². The molecule has 0 saturated heterocycles. The molecule has 0 saturated carbocycles. The van der Waals surface area contributed by atoms with Crippen LogP contribution in [0, 0.1) is 0 Å². The SMILES string of the molecule is CC(=O)N(C)CC(=O)N(C)c1ccccc1C(=O)O. The Bertz CT molecular complexity index is 513.